The van der Waals surface area contributed by atoms with Gasteiger partial charge in [0.15, 0.2) is 0 Å². The fourth-order valence-electron chi connectivity index (χ4n) is 1.57. The van der Waals surface area contributed by atoms with E-state index in [4.69, 9.17) is 0 Å². The summed E-state index contributed by atoms with van der Waals surface area (Å²) in [6, 6.07) is 1.82. The normalized spacial score (nSPS) is 13.2. The van der Waals surface area contributed by atoms with Gasteiger partial charge in [-0.25, -0.2) is 16.8 Å². The van der Waals surface area contributed by atoms with Gasteiger partial charge in [0.2, 0.25) is 10.0 Å². The van der Waals surface area contributed by atoms with Gasteiger partial charge in [0.05, 0.1) is 10.6 Å². The van der Waals surface area contributed by atoms with Crippen LogP contribution >= 0.6 is 11.3 Å². The Balaban J connectivity index is 2.90. The van der Waals surface area contributed by atoms with Crippen molar-refractivity contribution >= 4 is 31.2 Å². The summed E-state index contributed by atoms with van der Waals surface area (Å²) in [7, 11) is -5.45. The summed E-state index contributed by atoms with van der Waals surface area (Å²) in [5.41, 5.74) is 0. The number of thiophene rings is 1. The Morgan fingerprint density at radius 3 is 2.43 bits per heavy atom. The summed E-state index contributed by atoms with van der Waals surface area (Å²) in [4.78, 5) is 0.978. The van der Waals surface area contributed by atoms with Crippen molar-refractivity contribution in [3.8, 4) is 0 Å². The topological polar surface area (TPSA) is 83.6 Å². The molecule has 6 nitrogen and oxygen atoms in total. The van der Waals surface area contributed by atoms with Crippen LogP contribution in [0.15, 0.2) is 16.3 Å². The van der Waals surface area contributed by atoms with E-state index in [9.17, 15) is 16.8 Å². The van der Waals surface area contributed by atoms with Crippen molar-refractivity contribution in [3.63, 3.8) is 0 Å². The van der Waals surface area contributed by atoms with Crippen LogP contribution in [0.5, 0.6) is 0 Å². The Morgan fingerprint density at radius 2 is 1.90 bits per heavy atom. The van der Waals surface area contributed by atoms with Crippen LogP contribution in [0.2, 0.25) is 0 Å². The average Bonchev–Trinajstić information content (AvgIpc) is 2.81. The van der Waals surface area contributed by atoms with Crippen molar-refractivity contribution in [3.05, 3.63) is 16.3 Å². The van der Waals surface area contributed by atoms with Crippen molar-refractivity contribution in [1.29, 1.82) is 0 Å². The molecule has 0 aliphatic rings. The monoisotopic (exact) mass is 354 g/mol. The zero-order chi connectivity index (χ0) is 16.3. The van der Waals surface area contributed by atoms with E-state index in [1.54, 1.807) is 11.4 Å². The Kier molecular flexibility index (Phi) is 6.36. The molecule has 0 saturated carbocycles. The third kappa shape index (κ3) is 5.67. The van der Waals surface area contributed by atoms with E-state index < -0.39 is 19.9 Å². The van der Waals surface area contributed by atoms with Crippen LogP contribution in [0.4, 0.5) is 0 Å². The summed E-state index contributed by atoms with van der Waals surface area (Å²) in [6.07, 6.45) is 1.09. The number of sulfone groups is 1. The lowest BCUT2D eigenvalue weighted by Gasteiger charge is -2.17. The Hall–Kier alpha value is -0.480. The van der Waals surface area contributed by atoms with Gasteiger partial charge in [-0.05, 0) is 11.4 Å². The highest BCUT2D eigenvalue weighted by atomic mass is 32.2. The fraction of sp³-hybridized carbons (Fsp3) is 0.667. The minimum atomic E-state index is -3.66. The Bertz CT molecular complexity index is 662. The summed E-state index contributed by atoms with van der Waals surface area (Å²) in [5.74, 6) is -0.188. The molecule has 0 aromatic carbocycles. The summed E-state index contributed by atoms with van der Waals surface area (Å²) in [6.45, 7) is 4.40. The minimum absolute atomic E-state index is 0.0476. The van der Waals surface area contributed by atoms with Crippen molar-refractivity contribution in [1.82, 2.24) is 9.62 Å². The second kappa shape index (κ2) is 7.19. The lowest BCUT2D eigenvalue weighted by atomic mass is 10.4. The number of hydrogen-bond acceptors (Lipinski definition) is 6. The van der Waals surface area contributed by atoms with Gasteiger partial charge in [-0.3, -0.25) is 0 Å². The first-order valence-electron chi connectivity index (χ1n) is 6.48. The third-order valence-corrected chi connectivity index (χ3v) is 6.76. The van der Waals surface area contributed by atoms with Gasteiger partial charge < -0.3 is 5.32 Å². The molecule has 0 amide bonds. The van der Waals surface area contributed by atoms with E-state index in [0.717, 1.165) is 15.4 Å². The van der Waals surface area contributed by atoms with E-state index in [2.05, 4.69) is 5.32 Å². The molecule has 0 bridgehead atoms. The molecule has 1 aromatic heterocycles. The summed E-state index contributed by atoms with van der Waals surface area (Å²) in [5, 5.41) is 4.92. The molecule has 0 unspecified atom stereocenters. The van der Waals surface area contributed by atoms with E-state index in [1.807, 2.05) is 13.8 Å². The van der Waals surface area contributed by atoms with Gasteiger partial charge in [0.25, 0.3) is 0 Å². The molecule has 122 valence electrons. The van der Waals surface area contributed by atoms with Gasteiger partial charge in [-0.2, -0.15) is 4.31 Å². The molecule has 1 aromatic rings. The number of nitrogens with zero attached hydrogens (tertiary/aromatic N) is 1. The van der Waals surface area contributed by atoms with E-state index in [-0.39, 0.29) is 23.2 Å². The van der Waals surface area contributed by atoms with Gasteiger partial charge in [0, 0.05) is 37.3 Å². The van der Waals surface area contributed by atoms with Crippen molar-refractivity contribution in [2.45, 2.75) is 31.3 Å². The SMILES string of the molecule is CC(C)NCc1sccc1S(=O)(=O)N(C)CCS(C)(=O)=O. The molecule has 0 fully saturated rings. The van der Waals surface area contributed by atoms with E-state index in [1.165, 1.54) is 18.4 Å². The van der Waals surface area contributed by atoms with Crippen LogP contribution in [0.25, 0.3) is 0 Å². The average molecular weight is 355 g/mol. The molecular formula is C12H22N2O4S3. The maximum absolute atomic E-state index is 12.5. The molecule has 0 saturated heterocycles. The number of hydrogen-bond donors (Lipinski definition) is 1. The molecule has 1 N–H and O–H groups in total. The van der Waals surface area contributed by atoms with Gasteiger partial charge in [-0.1, -0.05) is 13.8 Å². The second-order valence-corrected chi connectivity index (χ2v) is 10.5. The molecule has 0 aliphatic carbocycles. The predicted molar refractivity (Wildman–Crippen MR) is 85.8 cm³/mol. The van der Waals surface area contributed by atoms with Crippen molar-refractivity contribution in [2.24, 2.45) is 0 Å². The van der Waals surface area contributed by atoms with Crippen LogP contribution < -0.4 is 5.32 Å². The quantitative estimate of drug-likeness (QED) is 0.750. The van der Waals surface area contributed by atoms with Gasteiger partial charge in [-0.15, -0.1) is 11.3 Å². The first kappa shape index (κ1) is 18.6. The van der Waals surface area contributed by atoms with Crippen molar-refractivity contribution < 1.29 is 16.8 Å². The maximum atomic E-state index is 12.5. The maximum Gasteiger partial charge on any atom is 0.244 e. The highest BCUT2D eigenvalue weighted by Gasteiger charge is 2.25. The van der Waals surface area contributed by atoms with E-state index in [0.29, 0.717) is 6.54 Å². The molecule has 9 heteroatoms. The third-order valence-electron chi connectivity index (χ3n) is 2.84. The largest absolute Gasteiger partial charge is 0.310 e. The summed E-state index contributed by atoms with van der Waals surface area (Å²) >= 11 is 1.37. The zero-order valence-corrected chi connectivity index (χ0v) is 15.1. The highest BCUT2D eigenvalue weighted by Crippen LogP contribution is 2.24. The van der Waals surface area contributed by atoms with Crippen LogP contribution in [0.3, 0.4) is 0 Å². The molecular weight excluding hydrogens is 332 g/mol. The van der Waals surface area contributed by atoms with Crippen LogP contribution in [0.1, 0.15) is 18.7 Å². The molecule has 0 aliphatic heterocycles. The van der Waals surface area contributed by atoms with Crippen LogP contribution in [-0.4, -0.2) is 52.8 Å². The Labute approximate surface area is 131 Å². The number of sulfonamides is 1. The van der Waals surface area contributed by atoms with Gasteiger partial charge in [0.1, 0.15) is 9.84 Å². The fourth-order valence-corrected chi connectivity index (χ4v) is 4.82. The molecule has 21 heavy (non-hydrogen) atoms. The Morgan fingerprint density at radius 1 is 1.29 bits per heavy atom. The standard InChI is InChI=1S/C12H22N2O4S3/c1-10(2)13-9-11-12(5-7-19-11)21(17,18)14(3)6-8-20(4,15)16/h5,7,10,13H,6,8-9H2,1-4H3. The van der Waals surface area contributed by atoms with Crippen molar-refractivity contribution in [2.75, 3.05) is 25.6 Å². The first-order chi connectivity index (χ1) is 9.54. The summed E-state index contributed by atoms with van der Waals surface area (Å²) < 4.78 is 48.4. The lowest BCUT2D eigenvalue weighted by molar-refractivity contribution is 0.483. The molecule has 0 atom stereocenters. The number of nitrogens with one attached hydrogen (secondary N) is 1. The molecule has 0 radical (unpaired) electrons. The minimum Gasteiger partial charge on any atom is -0.310 e. The second-order valence-electron chi connectivity index (χ2n) is 5.20. The van der Waals surface area contributed by atoms with E-state index >= 15 is 0 Å². The van der Waals surface area contributed by atoms with Crippen LogP contribution in [-0.2, 0) is 26.4 Å². The number of rotatable bonds is 8. The molecule has 0 spiro atoms. The zero-order valence-electron chi connectivity index (χ0n) is 12.7. The predicted octanol–water partition coefficient (Wildman–Crippen LogP) is 0.911. The highest BCUT2D eigenvalue weighted by molar-refractivity contribution is 7.91. The first-order valence-corrected chi connectivity index (χ1v) is 10.9. The smallest absolute Gasteiger partial charge is 0.244 e. The molecule has 1 heterocycles. The molecule has 1 rings (SSSR count). The van der Waals surface area contributed by atoms with Gasteiger partial charge >= 0.3 is 0 Å². The van der Waals surface area contributed by atoms with Crippen LogP contribution in [0, 0.1) is 0 Å². The lowest BCUT2D eigenvalue weighted by Crippen LogP contribution is -2.32.